The van der Waals surface area contributed by atoms with Crippen molar-refractivity contribution in [2.75, 3.05) is 6.61 Å². The molecule has 0 aliphatic heterocycles. The van der Waals surface area contributed by atoms with Gasteiger partial charge in [0.2, 0.25) is 0 Å². The van der Waals surface area contributed by atoms with Crippen molar-refractivity contribution < 1.29 is 39.2 Å². The highest BCUT2D eigenvalue weighted by molar-refractivity contribution is 5.95. The molecule has 37 heavy (non-hydrogen) atoms. The number of unbranched alkanes of at least 4 members (excludes halogenated alkanes) is 2. The summed E-state index contributed by atoms with van der Waals surface area (Å²) >= 11 is 0. The SMILES string of the molecule is CCCCCC(=O)O[C@H]1C(C)=C[C@]23C(=O)[C@@H](C=C(CO)[C@@H](O)[C@]12O)[C@@H](OC(=O)CCC)C(C)(C)C[C@H]3C. The molecule has 1 saturated carbocycles. The van der Waals surface area contributed by atoms with Gasteiger partial charge in [0.05, 0.1) is 17.9 Å². The maximum absolute atomic E-state index is 14.5. The Morgan fingerprint density at radius 1 is 1.08 bits per heavy atom. The molecule has 208 valence electrons. The van der Waals surface area contributed by atoms with Crippen molar-refractivity contribution in [3.63, 3.8) is 0 Å². The van der Waals surface area contributed by atoms with E-state index < -0.39 is 70.9 Å². The number of rotatable bonds is 9. The van der Waals surface area contributed by atoms with Gasteiger partial charge in [-0.3, -0.25) is 14.4 Å². The van der Waals surface area contributed by atoms with Crippen LogP contribution in [-0.4, -0.2) is 63.6 Å². The predicted molar refractivity (Wildman–Crippen MR) is 137 cm³/mol. The molecule has 3 N–H and O–H groups in total. The Morgan fingerprint density at radius 3 is 2.32 bits per heavy atom. The van der Waals surface area contributed by atoms with Crippen molar-refractivity contribution in [2.45, 2.75) is 110 Å². The Hall–Kier alpha value is -2.03. The molecule has 2 bridgehead atoms. The maximum atomic E-state index is 14.5. The van der Waals surface area contributed by atoms with E-state index in [0.717, 1.165) is 12.8 Å². The molecule has 3 rings (SSSR count). The summed E-state index contributed by atoms with van der Waals surface area (Å²) in [4.78, 5) is 39.9. The summed E-state index contributed by atoms with van der Waals surface area (Å²) in [5.74, 6) is -2.85. The highest BCUT2D eigenvalue weighted by atomic mass is 16.6. The zero-order valence-corrected chi connectivity index (χ0v) is 23.1. The minimum absolute atomic E-state index is 0.0410. The molecule has 0 aromatic carbocycles. The number of Topliss-reactive ketones (excluding diaryl/α,β-unsaturated/α-hetero) is 1. The molecular formula is C29H44O8. The average Bonchev–Trinajstić information content (AvgIpc) is 2.99. The number of esters is 2. The van der Waals surface area contributed by atoms with Gasteiger partial charge >= 0.3 is 11.9 Å². The van der Waals surface area contributed by atoms with Crippen LogP contribution in [0.5, 0.6) is 0 Å². The number of carbonyl (C=O) groups excluding carboxylic acids is 3. The highest BCUT2D eigenvalue weighted by Gasteiger charge is 2.73. The van der Waals surface area contributed by atoms with Gasteiger partial charge in [-0.2, -0.15) is 0 Å². The fraction of sp³-hybridized carbons (Fsp3) is 0.759. The van der Waals surface area contributed by atoms with Gasteiger partial charge in [0.25, 0.3) is 0 Å². The lowest BCUT2D eigenvalue weighted by Crippen LogP contribution is -2.65. The largest absolute Gasteiger partial charge is 0.461 e. The van der Waals surface area contributed by atoms with Crippen LogP contribution < -0.4 is 0 Å². The number of aliphatic hydroxyl groups is 3. The number of ketones is 1. The van der Waals surface area contributed by atoms with Gasteiger partial charge < -0.3 is 24.8 Å². The molecule has 0 unspecified atom stereocenters. The highest BCUT2D eigenvalue weighted by Crippen LogP contribution is 2.61. The zero-order valence-electron chi connectivity index (χ0n) is 23.1. The van der Waals surface area contributed by atoms with E-state index >= 15 is 0 Å². The van der Waals surface area contributed by atoms with Gasteiger partial charge in [-0.1, -0.05) is 59.6 Å². The third-order valence-electron chi connectivity index (χ3n) is 8.64. The zero-order chi connectivity index (χ0) is 27.8. The lowest BCUT2D eigenvalue weighted by atomic mass is 9.59. The van der Waals surface area contributed by atoms with Gasteiger partial charge in [-0.25, -0.2) is 0 Å². The van der Waals surface area contributed by atoms with Gasteiger partial charge in [0.15, 0.2) is 17.5 Å². The molecule has 0 heterocycles. The van der Waals surface area contributed by atoms with E-state index in [0.29, 0.717) is 24.8 Å². The van der Waals surface area contributed by atoms with Gasteiger partial charge in [-0.05, 0) is 43.3 Å². The number of aliphatic hydroxyl groups excluding tert-OH is 2. The molecule has 1 fully saturated rings. The Labute approximate surface area is 220 Å². The first-order valence-electron chi connectivity index (χ1n) is 13.7. The smallest absolute Gasteiger partial charge is 0.306 e. The summed E-state index contributed by atoms with van der Waals surface area (Å²) in [6, 6.07) is 0. The first-order chi connectivity index (χ1) is 17.3. The number of fused-ring (bicyclic) bond motifs is 1. The summed E-state index contributed by atoms with van der Waals surface area (Å²) in [5.41, 5.74) is -3.99. The third kappa shape index (κ3) is 4.81. The van der Waals surface area contributed by atoms with Crippen LogP contribution >= 0.6 is 0 Å². The molecule has 8 nitrogen and oxygen atoms in total. The standard InChI is InChI=1S/C29H44O8/c1-7-9-10-12-22(32)36-25-17(3)14-28-18(4)15-27(5,6)26(37-21(31)11-8-2)20(24(28)34)13-19(16-30)23(33)29(25,28)35/h13-14,18,20,23,25-26,30,33,35H,7-12,15-16H2,1-6H3/t18-,20-,23-,25+,26-,28+,29+/m1/s1. The minimum atomic E-state index is -2.23. The van der Waals surface area contributed by atoms with Crippen molar-refractivity contribution in [1.82, 2.24) is 0 Å². The van der Waals surface area contributed by atoms with Crippen LogP contribution in [0.3, 0.4) is 0 Å². The molecule has 3 aliphatic carbocycles. The second-order valence-electron chi connectivity index (χ2n) is 11.9. The van der Waals surface area contributed by atoms with Crippen molar-refractivity contribution in [3.8, 4) is 0 Å². The average molecular weight is 521 g/mol. The monoisotopic (exact) mass is 520 g/mol. The number of hydrogen-bond acceptors (Lipinski definition) is 8. The number of ether oxygens (including phenoxy) is 2. The van der Waals surface area contributed by atoms with Crippen LogP contribution in [0.25, 0.3) is 0 Å². The quantitative estimate of drug-likeness (QED) is 0.240. The molecule has 0 amide bonds. The van der Waals surface area contributed by atoms with E-state index in [1.54, 1.807) is 13.0 Å². The Bertz CT molecular complexity index is 965. The molecule has 0 aromatic heterocycles. The van der Waals surface area contributed by atoms with E-state index in [-0.39, 0.29) is 18.4 Å². The lowest BCUT2D eigenvalue weighted by molar-refractivity contribution is -0.203. The summed E-state index contributed by atoms with van der Waals surface area (Å²) in [5, 5.41) is 34.3. The second-order valence-corrected chi connectivity index (χ2v) is 11.9. The summed E-state index contributed by atoms with van der Waals surface area (Å²) < 4.78 is 11.7. The van der Waals surface area contributed by atoms with E-state index in [1.165, 1.54) is 6.08 Å². The second kappa shape index (κ2) is 11.0. The fourth-order valence-corrected chi connectivity index (χ4v) is 6.93. The van der Waals surface area contributed by atoms with E-state index in [1.807, 2.05) is 34.6 Å². The van der Waals surface area contributed by atoms with Crippen LogP contribution in [0.15, 0.2) is 23.3 Å². The van der Waals surface area contributed by atoms with Crippen molar-refractivity contribution >= 4 is 17.7 Å². The van der Waals surface area contributed by atoms with Crippen LogP contribution in [-0.2, 0) is 23.9 Å². The van der Waals surface area contributed by atoms with Crippen LogP contribution in [0.2, 0.25) is 0 Å². The van der Waals surface area contributed by atoms with E-state index in [4.69, 9.17) is 9.47 Å². The Balaban J connectivity index is 2.16. The van der Waals surface area contributed by atoms with Gasteiger partial charge in [0.1, 0.15) is 12.2 Å². The Kier molecular flexibility index (Phi) is 8.77. The molecule has 0 radical (unpaired) electrons. The molecular weight excluding hydrogens is 476 g/mol. The first kappa shape index (κ1) is 29.5. The normalized spacial score (nSPS) is 36.6. The van der Waals surface area contributed by atoms with Gasteiger partial charge in [-0.15, -0.1) is 0 Å². The Morgan fingerprint density at radius 2 is 1.73 bits per heavy atom. The third-order valence-corrected chi connectivity index (χ3v) is 8.64. The number of carbonyl (C=O) groups is 3. The summed E-state index contributed by atoms with van der Waals surface area (Å²) in [6.07, 6.45) is 3.08. The van der Waals surface area contributed by atoms with Crippen molar-refractivity contribution in [3.05, 3.63) is 23.3 Å². The fourth-order valence-electron chi connectivity index (χ4n) is 6.93. The van der Waals surface area contributed by atoms with E-state index in [2.05, 4.69) is 0 Å². The summed E-state index contributed by atoms with van der Waals surface area (Å²) in [7, 11) is 0. The minimum Gasteiger partial charge on any atom is -0.461 e. The molecule has 7 atom stereocenters. The first-order valence-corrected chi connectivity index (χ1v) is 13.7. The van der Waals surface area contributed by atoms with Crippen molar-refractivity contribution in [1.29, 1.82) is 0 Å². The molecule has 0 aromatic rings. The molecule has 0 saturated heterocycles. The predicted octanol–water partition coefficient (Wildman–Crippen LogP) is 3.41. The molecule has 3 aliphatic rings. The lowest BCUT2D eigenvalue weighted by Gasteiger charge is -2.48. The van der Waals surface area contributed by atoms with Crippen LogP contribution in [0.4, 0.5) is 0 Å². The van der Waals surface area contributed by atoms with Crippen molar-refractivity contribution in [2.24, 2.45) is 22.7 Å². The van der Waals surface area contributed by atoms with E-state index in [9.17, 15) is 29.7 Å². The number of hydrogen-bond donors (Lipinski definition) is 3. The maximum Gasteiger partial charge on any atom is 0.306 e. The molecule has 8 heteroatoms. The van der Waals surface area contributed by atoms with Gasteiger partial charge in [0, 0.05) is 18.3 Å². The topological polar surface area (TPSA) is 130 Å². The van der Waals surface area contributed by atoms with Crippen LogP contribution in [0, 0.1) is 22.7 Å². The van der Waals surface area contributed by atoms with Crippen LogP contribution in [0.1, 0.15) is 86.5 Å². The summed E-state index contributed by atoms with van der Waals surface area (Å²) in [6.45, 7) is 10.6. The molecule has 1 spiro atoms.